The number of benzene rings is 1. The van der Waals surface area contributed by atoms with Crippen molar-refractivity contribution in [2.75, 3.05) is 0 Å². The minimum absolute atomic E-state index is 0.171. The second kappa shape index (κ2) is 4.75. The summed E-state index contributed by atoms with van der Waals surface area (Å²) in [7, 11) is 0. The Bertz CT molecular complexity index is 905. The van der Waals surface area contributed by atoms with Crippen LogP contribution in [0.5, 0.6) is 0 Å². The third-order valence-electron chi connectivity index (χ3n) is 3.11. The van der Waals surface area contributed by atoms with E-state index in [4.69, 9.17) is 9.52 Å². The Hall–Kier alpha value is -3.15. The molecule has 0 unspecified atom stereocenters. The SMILES string of the molecule is O=C(O)c1cc2ccccc2n(C(=O)c2ccoc2)c1=O. The summed E-state index contributed by atoms with van der Waals surface area (Å²) in [6.07, 6.45) is 2.51. The lowest BCUT2D eigenvalue weighted by atomic mass is 10.1. The fourth-order valence-electron chi connectivity index (χ4n) is 2.13. The van der Waals surface area contributed by atoms with Crippen molar-refractivity contribution in [1.82, 2.24) is 4.57 Å². The van der Waals surface area contributed by atoms with Gasteiger partial charge in [-0.3, -0.25) is 9.59 Å². The van der Waals surface area contributed by atoms with Crippen LogP contribution in [0.1, 0.15) is 20.7 Å². The first-order chi connectivity index (χ1) is 10.1. The first-order valence-corrected chi connectivity index (χ1v) is 6.04. The molecule has 0 radical (unpaired) electrons. The number of furan rings is 1. The third kappa shape index (κ3) is 2.02. The predicted molar refractivity (Wildman–Crippen MR) is 73.6 cm³/mol. The standard InChI is InChI=1S/C15H9NO5/c17-13(10-5-6-21-8-10)16-12-4-2-1-3-9(12)7-11(14(16)18)15(19)20/h1-8H,(H,19,20). The molecule has 0 aliphatic carbocycles. The summed E-state index contributed by atoms with van der Waals surface area (Å²) in [5.41, 5.74) is -0.804. The van der Waals surface area contributed by atoms with E-state index < -0.39 is 23.0 Å². The average molecular weight is 283 g/mol. The lowest BCUT2D eigenvalue weighted by Crippen LogP contribution is -2.31. The highest BCUT2D eigenvalue weighted by atomic mass is 16.4. The average Bonchev–Trinajstić information content (AvgIpc) is 3.00. The second-order valence-electron chi connectivity index (χ2n) is 4.38. The summed E-state index contributed by atoms with van der Waals surface area (Å²) in [5, 5.41) is 9.61. The zero-order valence-electron chi connectivity index (χ0n) is 10.6. The maximum absolute atomic E-state index is 12.4. The van der Waals surface area contributed by atoms with Gasteiger partial charge in [0, 0.05) is 0 Å². The molecule has 0 fully saturated rings. The van der Waals surface area contributed by atoms with Crippen LogP contribution in [0, 0.1) is 0 Å². The van der Waals surface area contributed by atoms with Gasteiger partial charge in [-0.05, 0) is 23.6 Å². The Morgan fingerprint density at radius 2 is 1.90 bits per heavy atom. The molecule has 1 aromatic carbocycles. The maximum atomic E-state index is 12.4. The number of aromatic carboxylic acids is 1. The second-order valence-corrected chi connectivity index (χ2v) is 4.38. The van der Waals surface area contributed by atoms with Gasteiger partial charge in [0.05, 0.1) is 17.3 Å². The summed E-state index contributed by atoms with van der Waals surface area (Å²) in [4.78, 5) is 35.9. The summed E-state index contributed by atoms with van der Waals surface area (Å²) in [5.74, 6) is -2.01. The molecule has 0 atom stereocenters. The highest BCUT2D eigenvalue weighted by Crippen LogP contribution is 2.15. The monoisotopic (exact) mass is 283 g/mol. The number of para-hydroxylation sites is 1. The first kappa shape index (κ1) is 12.9. The molecule has 0 aliphatic rings. The molecule has 6 nitrogen and oxygen atoms in total. The van der Waals surface area contributed by atoms with E-state index in [9.17, 15) is 14.4 Å². The third-order valence-corrected chi connectivity index (χ3v) is 3.11. The molecule has 0 saturated carbocycles. The van der Waals surface area contributed by atoms with E-state index in [-0.39, 0.29) is 5.56 Å². The van der Waals surface area contributed by atoms with Gasteiger partial charge < -0.3 is 9.52 Å². The van der Waals surface area contributed by atoms with Crippen LogP contribution in [0.3, 0.4) is 0 Å². The molecule has 3 rings (SSSR count). The number of fused-ring (bicyclic) bond motifs is 1. The number of carboxylic acid groups (broad SMARTS) is 1. The predicted octanol–water partition coefficient (Wildman–Crippen LogP) is 1.98. The molecule has 2 aromatic heterocycles. The molecule has 3 aromatic rings. The number of carbonyl (C=O) groups is 2. The van der Waals surface area contributed by atoms with Crippen LogP contribution >= 0.6 is 0 Å². The number of pyridine rings is 1. The molecule has 0 spiro atoms. The fourth-order valence-corrected chi connectivity index (χ4v) is 2.13. The molecule has 2 heterocycles. The van der Waals surface area contributed by atoms with Crippen LogP contribution in [0.2, 0.25) is 0 Å². The van der Waals surface area contributed by atoms with Crippen molar-refractivity contribution < 1.29 is 19.1 Å². The fraction of sp³-hybridized carbons (Fsp3) is 0. The number of aromatic nitrogens is 1. The van der Waals surface area contributed by atoms with Gasteiger partial charge in [-0.2, -0.15) is 0 Å². The molecule has 6 heteroatoms. The highest BCUT2D eigenvalue weighted by molar-refractivity contribution is 6.03. The number of carbonyl (C=O) groups excluding carboxylic acids is 1. The van der Waals surface area contributed by atoms with E-state index in [1.165, 1.54) is 24.7 Å². The van der Waals surface area contributed by atoms with Gasteiger partial charge in [0.1, 0.15) is 11.8 Å². The summed E-state index contributed by atoms with van der Waals surface area (Å²) < 4.78 is 5.69. The molecular formula is C15H9NO5. The van der Waals surface area contributed by atoms with E-state index in [0.29, 0.717) is 10.9 Å². The number of carboxylic acids is 1. The lowest BCUT2D eigenvalue weighted by Gasteiger charge is -2.09. The minimum Gasteiger partial charge on any atom is -0.477 e. The van der Waals surface area contributed by atoms with Crippen molar-refractivity contribution in [3.8, 4) is 0 Å². The van der Waals surface area contributed by atoms with Gasteiger partial charge in [0.25, 0.3) is 11.5 Å². The largest absolute Gasteiger partial charge is 0.477 e. The number of nitrogens with zero attached hydrogens (tertiary/aromatic N) is 1. The molecule has 1 N–H and O–H groups in total. The van der Waals surface area contributed by atoms with Gasteiger partial charge >= 0.3 is 5.97 Å². The molecule has 0 bridgehead atoms. The quantitative estimate of drug-likeness (QED) is 0.776. The van der Waals surface area contributed by atoms with Gasteiger partial charge in [-0.15, -0.1) is 0 Å². The van der Waals surface area contributed by atoms with Gasteiger partial charge in [-0.1, -0.05) is 18.2 Å². The smallest absolute Gasteiger partial charge is 0.341 e. The first-order valence-electron chi connectivity index (χ1n) is 6.04. The maximum Gasteiger partial charge on any atom is 0.341 e. The molecule has 0 amide bonds. The van der Waals surface area contributed by atoms with Crippen molar-refractivity contribution in [2.45, 2.75) is 0 Å². The van der Waals surface area contributed by atoms with Crippen molar-refractivity contribution in [3.05, 3.63) is 70.4 Å². The van der Waals surface area contributed by atoms with Crippen LogP contribution in [0.4, 0.5) is 0 Å². The number of hydrogen-bond donors (Lipinski definition) is 1. The zero-order chi connectivity index (χ0) is 15.0. The van der Waals surface area contributed by atoms with Gasteiger partial charge in [0.2, 0.25) is 0 Å². The topological polar surface area (TPSA) is 89.5 Å². The highest BCUT2D eigenvalue weighted by Gasteiger charge is 2.20. The minimum atomic E-state index is -1.38. The van der Waals surface area contributed by atoms with Crippen LogP contribution in [0.15, 0.2) is 58.1 Å². The number of rotatable bonds is 2. The molecule has 0 aliphatic heterocycles. The van der Waals surface area contributed by atoms with Crippen molar-refractivity contribution >= 4 is 22.8 Å². The Morgan fingerprint density at radius 1 is 1.14 bits per heavy atom. The molecule has 0 saturated heterocycles. The van der Waals surface area contributed by atoms with Crippen molar-refractivity contribution in [2.24, 2.45) is 0 Å². The van der Waals surface area contributed by atoms with Crippen LogP contribution < -0.4 is 5.56 Å². The van der Waals surface area contributed by atoms with E-state index in [2.05, 4.69) is 0 Å². The summed E-state index contributed by atoms with van der Waals surface area (Å²) in [6, 6.07) is 9.27. The lowest BCUT2D eigenvalue weighted by molar-refractivity contribution is 0.0695. The zero-order valence-corrected chi connectivity index (χ0v) is 10.6. The normalized spacial score (nSPS) is 10.7. The summed E-state index contributed by atoms with van der Waals surface area (Å²) >= 11 is 0. The molecular weight excluding hydrogens is 274 g/mol. The summed E-state index contributed by atoms with van der Waals surface area (Å²) in [6.45, 7) is 0. The Kier molecular flexibility index (Phi) is 2.91. The van der Waals surface area contributed by atoms with Gasteiger partial charge in [-0.25, -0.2) is 9.36 Å². The van der Waals surface area contributed by atoms with E-state index in [1.807, 2.05) is 0 Å². The van der Waals surface area contributed by atoms with E-state index in [1.54, 1.807) is 24.3 Å². The van der Waals surface area contributed by atoms with Gasteiger partial charge in [0.15, 0.2) is 0 Å². The Labute approximate surface area is 117 Å². The number of hydrogen-bond acceptors (Lipinski definition) is 4. The van der Waals surface area contributed by atoms with Crippen molar-refractivity contribution in [1.29, 1.82) is 0 Å². The van der Waals surface area contributed by atoms with Crippen LogP contribution in [-0.2, 0) is 0 Å². The van der Waals surface area contributed by atoms with Crippen molar-refractivity contribution in [3.63, 3.8) is 0 Å². The molecule has 21 heavy (non-hydrogen) atoms. The Balaban J connectivity index is 2.39. The Morgan fingerprint density at radius 3 is 2.57 bits per heavy atom. The van der Waals surface area contributed by atoms with Crippen LogP contribution in [0.25, 0.3) is 10.9 Å². The molecule has 104 valence electrons. The van der Waals surface area contributed by atoms with E-state index >= 15 is 0 Å². The van der Waals surface area contributed by atoms with Crippen LogP contribution in [-0.4, -0.2) is 21.6 Å². The van der Waals surface area contributed by atoms with E-state index in [0.717, 1.165) is 4.57 Å².